The molecule has 6 heteroatoms. The van der Waals surface area contributed by atoms with Gasteiger partial charge in [-0.15, -0.1) is 11.8 Å². The lowest BCUT2D eigenvalue weighted by atomic mass is 10.1. The molecule has 108 valence electrons. The molecule has 0 spiro atoms. The summed E-state index contributed by atoms with van der Waals surface area (Å²) in [4.78, 5) is 25.1. The minimum atomic E-state index is -0.140. The Morgan fingerprint density at radius 3 is 2.85 bits per heavy atom. The largest absolute Gasteiger partial charge is 0.342 e. The molecule has 1 aliphatic heterocycles. The number of nitrogens with zero attached hydrogens (tertiary/aromatic N) is 1. The van der Waals surface area contributed by atoms with Crippen LogP contribution in [0, 0.1) is 0 Å². The molecule has 20 heavy (non-hydrogen) atoms. The van der Waals surface area contributed by atoms with Crippen LogP contribution in [-0.2, 0) is 16.1 Å². The van der Waals surface area contributed by atoms with E-state index in [2.05, 4.69) is 10.6 Å². The first-order valence-electron chi connectivity index (χ1n) is 6.49. The molecule has 1 atom stereocenters. The van der Waals surface area contributed by atoms with Crippen LogP contribution < -0.4 is 10.6 Å². The summed E-state index contributed by atoms with van der Waals surface area (Å²) in [7, 11) is 1.75. The van der Waals surface area contributed by atoms with E-state index < -0.39 is 0 Å². The maximum absolute atomic E-state index is 12.1. The number of benzene rings is 1. The molecular formula is C14H19N3O2S. The summed E-state index contributed by atoms with van der Waals surface area (Å²) in [6, 6.07) is 7.43. The van der Waals surface area contributed by atoms with Gasteiger partial charge in [0.1, 0.15) is 0 Å². The topological polar surface area (TPSA) is 61.4 Å². The Morgan fingerprint density at radius 1 is 1.45 bits per heavy atom. The van der Waals surface area contributed by atoms with Gasteiger partial charge in [0.2, 0.25) is 11.8 Å². The minimum absolute atomic E-state index is 0.0000100. The molecule has 1 unspecified atom stereocenters. The van der Waals surface area contributed by atoms with Crippen LogP contribution in [0.3, 0.4) is 0 Å². The summed E-state index contributed by atoms with van der Waals surface area (Å²) in [5.74, 6) is 1.58. The van der Waals surface area contributed by atoms with Gasteiger partial charge in [-0.1, -0.05) is 18.2 Å². The number of thioether (sulfide) groups is 1. The summed E-state index contributed by atoms with van der Waals surface area (Å²) in [6.45, 7) is 2.01. The van der Waals surface area contributed by atoms with E-state index in [0.29, 0.717) is 6.54 Å². The van der Waals surface area contributed by atoms with E-state index in [-0.39, 0.29) is 17.9 Å². The van der Waals surface area contributed by atoms with E-state index in [0.717, 1.165) is 22.9 Å². The van der Waals surface area contributed by atoms with E-state index in [4.69, 9.17) is 0 Å². The lowest BCUT2D eigenvalue weighted by Gasteiger charge is -2.18. The third-order valence-electron chi connectivity index (χ3n) is 3.25. The Labute approximate surface area is 123 Å². The standard InChI is InChI=1S/C14H19N3O2S/c1-10(18)17(2)7-11-5-3-4-6-12(11)16-14(19)13-8-20-9-15-13/h3-6,13,15H,7-9H2,1-2H3,(H,16,19). The quantitative estimate of drug-likeness (QED) is 0.877. The lowest BCUT2D eigenvalue weighted by Crippen LogP contribution is -2.37. The van der Waals surface area contributed by atoms with Crippen molar-refractivity contribution in [3.05, 3.63) is 29.8 Å². The van der Waals surface area contributed by atoms with Crippen molar-refractivity contribution in [2.24, 2.45) is 0 Å². The molecule has 2 rings (SSSR count). The maximum Gasteiger partial charge on any atom is 0.242 e. The second-order valence-corrected chi connectivity index (χ2v) is 5.82. The van der Waals surface area contributed by atoms with Crippen molar-refractivity contribution in [3.63, 3.8) is 0 Å². The van der Waals surface area contributed by atoms with Gasteiger partial charge >= 0.3 is 0 Å². The van der Waals surface area contributed by atoms with Crippen molar-refractivity contribution in [2.45, 2.75) is 19.5 Å². The molecule has 1 aliphatic rings. The SMILES string of the molecule is CC(=O)N(C)Cc1ccccc1NC(=O)C1CSCN1. The molecule has 1 saturated heterocycles. The Morgan fingerprint density at radius 2 is 2.20 bits per heavy atom. The van der Waals surface area contributed by atoms with Gasteiger partial charge in [-0.2, -0.15) is 0 Å². The van der Waals surface area contributed by atoms with Crippen LogP contribution in [0.15, 0.2) is 24.3 Å². The second-order valence-electron chi connectivity index (χ2n) is 4.79. The van der Waals surface area contributed by atoms with E-state index in [1.54, 1.807) is 23.7 Å². The fraction of sp³-hybridized carbons (Fsp3) is 0.429. The van der Waals surface area contributed by atoms with Gasteiger partial charge in [-0.25, -0.2) is 0 Å². The number of anilines is 1. The van der Waals surface area contributed by atoms with Crippen LogP contribution in [-0.4, -0.2) is 41.4 Å². The average molecular weight is 293 g/mol. The molecule has 1 fully saturated rings. The van der Waals surface area contributed by atoms with E-state index in [1.807, 2.05) is 24.3 Å². The van der Waals surface area contributed by atoms with Crippen molar-refractivity contribution >= 4 is 29.3 Å². The number of carbonyl (C=O) groups excluding carboxylic acids is 2. The smallest absolute Gasteiger partial charge is 0.242 e. The molecular weight excluding hydrogens is 274 g/mol. The molecule has 1 aromatic rings. The Balaban J connectivity index is 2.07. The molecule has 5 nitrogen and oxygen atoms in total. The number of carbonyl (C=O) groups is 2. The zero-order valence-corrected chi connectivity index (χ0v) is 12.5. The van der Waals surface area contributed by atoms with Crippen LogP contribution in [0.5, 0.6) is 0 Å². The highest BCUT2D eigenvalue weighted by molar-refractivity contribution is 7.99. The van der Waals surface area contributed by atoms with Crippen molar-refractivity contribution in [1.82, 2.24) is 10.2 Å². The molecule has 1 heterocycles. The monoisotopic (exact) mass is 293 g/mol. The summed E-state index contributed by atoms with van der Waals surface area (Å²) in [5.41, 5.74) is 1.70. The molecule has 2 N–H and O–H groups in total. The first-order valence-corrected chi connectivity index (χ1v) is 7.65. The minimum Gasteiger partial charge on any atom is -0.342 e. The molecule has 0 saturated carbocycles. The fourth-order valence-corrected chi connectivity index (χ4v) is 2.87. The summed E-state index contributed by atoms with van der Waals surface area (Å²) in [5, 5.41) is 6.09. The van der Waals surface area contributed by atoms with Crippen LogP contribution in [0.2, 0.25) is 0 Å². The van der Waals surface area contributed by atoms with Crippen LogP contribution in [0.25, 0.3) is 0 Å². The van der Waals surface area contributed by atoms with Gasteiger partial charge in [0.25, 0.3) is 0 Å². The van der Waals surface area contributed by atoms with Crippen LogP contribution in [0.4, 0.5) is 5.69 Å². The summed E-state index contributed by atoms with van der Waals surface area (Å²) >= 11 is 1.72. The third-order valence-corrected chi connectivity index (χ3v) is 4.19. The van der Waals surface area contributed by atoms with Gasteiger partial charge < -0.3 is 10.2 Å². The van der Waals surface area contributed by atoms with Crippen LogP contribution >= 0.6 is 11.8 Å². The Kier molecular flexibility index (Phi) is 5.03. The zero-order chi connectivity index (χ0) is 14.5. The predicted octanol–water partition coefficient (Wildman–Crippen LogP) is 1.27. The highest BCUT2D eigenvalue weighted by Crippen LogP contribution is 2.18. The van der Waals surface area contributed by atoms with E-state index in [9.17, 15) is 9.59 Å². The van der Waals surface area contributed by atoms with Crippen LogP contribution in [0.1, 0.15) is 12.5 Å². The highest BCUT2D eigenvalue weighted by atomic mass is 32.2. The fourth-order valence-electron chi connectivity index (χ4n) is 1.93. The normalized spacial score (nSPS) is 17.8. The number of nitrogens with one attached hydrogen (secondary N) is 2. The molecule has 0 radical (unpaired) electrons. The van der Waals surface area contributed by atoms with E-state index >= 15 is 0 Å². The predicted molar refractivity (Wildman–Crippen MR) is 81.5 cm³/mol. The van der Waals surface area contributed by atoms with Gasteiger partial charge in [0.15, 0.2) is 0 Å². The first-order chi connectivity index (χ1) is 9.58. The second kappa shape index (κ2) is 6.76. The lowest BCUT2D eigenvalue weighted by molar-refractivity contribution is -0.128. The summed E-state index contributed by atoms with van der Waals surface area (Å²) in [6.07, 6.45) is 0. The van der Waals surface area contributed by atoms with Gasteiger partial charge in [0.05, 0.1) is 6.04 Å². The average Bonchev–Trinajstić information content (AvgIpc) is 2.94. The molecule has 0 aliphatic carbocycles. The number of rotatable bonds is 4. The first kappa shape index (κ1) is 14.9. The Hall–Kier alpha value is -1.53. The summed E-state index contributed by atoms with van der Waals surface area (Å²) < 4.78 is 0. The van der Waals surface area contributed by atoms with Gasteiger partial charge in [-0.3, -0.25) is 14.9 Å². The number of para-hydroxylation sites is 1. The molecule has 0 bridgehead atoms. The molecule has 2 amide bonds. The third kappa shape index (κ3) is 3.74. The number of amides is 2. The highest BCUT2D eigenvalue weighted by Gasteiger charge is 2.23. The van der Waals surface area contributed by atoms with Gasteiger partial charge in [-0.05, 0) is 11.6 Å². The van der Waals surface area contributed by atoms with Crippen molar-refractivity contribution in [2.75, 3.05) is 24.0 Å². The zero-order valence-electron chi connectivity index (χ0n) is 11.7. The van der Waals surface area contributed by atoms with Crippen molar-refractivity contribution in [3.8, 4) is 0 Å². The Bertz CT molecular complexity index is 501. The molecule has 0 aromatic heterocycles. The number of hydrogen-bond acceptors (Lipinski definition) is 4. The van der Waals surface area contributed by atoms with E-state index in [1.165, 1.54) is 6.92 Å². The van der Waals surface area contributed by atoms with Crippen molar-refractivity contribution in [1.29, 1.82) is 0 Å². The maximum atomic E-state index is 12.1. The molecule has 1 aromatic carbocycles. The van der Waals surface area contributed by atoms with Gasteiger partial charge in [0, 0.05) is 37.8 Å². The number of hydrogen-bond donors (Lipinski definition) is 2. The van der Waals surface area contributed by atoms with Crippen molar-refractivity contribution < 1.29 is 9.59 Å².